The Morgan fingerprint density at radius 3 is 2.52 bits per heavy atom. The highest BCUT2D eigenvalue weighted by molar-refractivity contribution is 9.10. The van der Waals surface area contributed by atoms with Crippen LogP contribution in [0.4, 0.5) is 10.5 Å². The van der Waals surface area contributed by atoms with Crippen LogP contribution >= 0.6 is 27.5 Å². The number of halogens is 2. The number of amides is 4. The number of ether oxygens (including phenoxy) is 1. The van der Waals surface area contributed by atoms with Crippen molar-refractivity contribution < 1.29 is 19.1 Å². The number of urea groups is 1. The minimum Gasteiger partial charge on any atom is -0.488 e. The van der Waals surface area contributed by atoms with Gasteiger partial charge in [0.15, 0.2) is 0 Å². The van der Waals surface area contributed by atoms with E-state index in [-0.39, 0.29) is 5.57 Å². The maximum atomic E-state index is 13.2. The van der Waals surface area contributed by atoms with Crippen molar-refractivity contribution >= 4 is 57.1 Å². The summed E-state index contributed by atoms with van der Waals surface area (Å²) in [5.41, 5.74) is 2.28. The Kier molecular flexibility index (Phi) is 6.62. The standard InChI is InChI=1S/C25H18BrClN2O4/c1-15-6-11-19(27)13-21(15)29-24(31)20(23(30)28-25(29)32)12-17-4-2-3-5-22(17)33-14-16-7-9-18(26)10-8-16/h2-13H,14H2,1H3,(H,28,30,32)/b20-12+. The van der Waals surface area contributed by atoms with Crippen molar-refractivity contribution in [3.05, 3.63) is 98.5 Å². The molecule has 1 aliphatic heterocycles. The number of barbiturate groups is 1. The maximum Gasteiger partial charge on any atom is 0.335 e. The number of para-hydroxylation sites is 1. The second-order valence-electron chi connectivity index (χ2n) is 7.34. The minimum absolute atomic E-state index is 0.186. The van der Waals surface area contributed by atoms with Crippen molar-refractivity contribution in [3.8, 4) is 5.75 Å². The molecule has 1 N–H and O–H groups in total. The Bertz CT molecular complexity index is 1290. The Balaban J connectivity index is 1.66. The number of hydrogen-bond donors (Lipinski definition) is 1. The van der Waals surface area contributed by atoms with E-state index in [1.165, 1.54) is 12.1 Å². The van der Waals surface area contributed by atoms with Gasteiger partial charge in [0.2, 0.25) is 0 Å². The number of imide groups is 2. The second kappa shape index (κ2) is 9.60. The van der Waals surface area contributed by atoms with E-state index >= 15 is 0 Å². The fourth-order valence-corrected chi connectivity index (χ4v) is 3.76. The summed E-state index contributed by atoms with van der Waals surface area (Å²) in [4.78, 5) is 39.2. The van der Waals surface area contributed by atoms with Crippen LogP contribution in [0.3, 0.4) is 0 Å². The van der Waals surface area contributed by atoms with Gasteiger partial charge >= 0.3 is 6.03 Å². The highest BCUT2D eigenvalue weighted by atomic mass is 79.9. The molecule has 0 aromatic heterocycles. The smallest absolute Gasteiger partial charge is 0.335 e. The van der Waals surface area contributed by atoms with Crippen molar-refractivity contribution in [2.75, 3.05) is 4.90 Å². The molecule has 1 aliphatic rings. The summed E-state index contributed by atoms with van der Waals surface area (Å²) >= 11 is 9.47. The molecule has 3 aromatic rings. The molecule has 166 valence electrons. The van der Waals surface area contributed by atoms with Gasteiger partial charge < -0.3 is 4.74 Å². The predicted octanol–water partition coefficient (Wildman–Crippen LogP) is 5.66. The molecule has 0 atom stereocenters. The monoisotopic (exact) mass is 524 g/mol. The van der Waals surface area contributed by atoms with E-state index in [0.717, 1.165) is 14.9 Å². The van der Waals surface area contributed by atoms with Gasteiger partial charge in [-0.25, -0.2) is 9.69 Å². The number of benzene rings is 3. The quantitative estimate of drug-likeness (QED) is 0.345. The molecule has 0 aliphatic carbocycles. The Morgan fingerprint density at radius 2 is 1.76 bits per heavy atom. The number of nitrogens with one attached hydrogen (secondary N) is 1. The number of carbonyl (C=O) groups is 3. The largest absolute Gasteiger partial charge is 0.488 e. The van der Waals surface area contributed by atoms with Crippen molar-refractivity contribution in [1.82, 2.24) is 5.32 Å². The third-order valence-electron chi connectivity index (χ3n) is 5.04. The third-order valence-corrected chi connectivity index (χ3v) is 5.80. The summed E-state index contributed by atoms with van der Waals surface area (Å²) in [5, 5.41) is 2.59. The second-order valence-corrected chi connectivity index (χ2v) is 8.69. The fourth-order valence-electron chi connectivity index (χ4n) is 3.33. The highest BCUT2D eigenvalue weighted by Crippen LogP contribution is 2.29. The summed E-state index contributed by atoms with van der Waals surface area (Å²) < 4.78 is 6.91. The van der Waals surface area contributed by atoms with Gasteiger partial charge in [-0.15, -0.1) is 0 Å². The predicted molar refractivity (Wildman–Crippen MR) is 130 cm³/mol. The zero-order valence-corrected chi connectivity index (χ0v) is 19.8. The van der Waals surface area contributed by atoms with Gasteiger partial charge in [0.05, 0.1) is 5.69 Å². The first-order chi connectivity index (χ1) is 15.8. The van der Waals surface area contributed by atoms with Crippen LogP contribution in [0.15, 0.2) is 76.8 Å². The van der Waals surface area contributed by atoms with E-state index in [1.807, 2.05) is 24.3 Å². The first kappa shape index (κ1) is 22.8. The Morgan fingerprint density at radius 1 is 1.03 bits per heavy atom. The van der Waals surface area contributed by atoms with Gasteiger partial charge in [0.25, 0.3) is 11.8 Å². The van der Waals surface area contributed by atoms with Gasteiger partial charge in [-0.3, -0.25) is 14.9 Å². The fraction of sp³-hybridized carbons (Fsp3) is 0.0800. The van der Waals surface area contributed by atoms with Crippen LogP contribution in [-0.2, 0) is 16.2 Å². The van der Waals surface area contributed by atoms with Gasteiger partial charge in [-0.1, -0.05) is 63.9 Å². The van der Waals surface area contributed by atoms with E-state index in [2.05, 4.69) is 21.2 Å². The normalized spacial score (nSPS) is 15.1. The number of aryl methyl sites for hydroxylation is 1. The summed E-state index contributed by atoms with van der Waals surface area (Å²) in [6, 6.07) is 18.8. The first-order valence-electron chi connectivity index (χ1n) is 9.97. The van der Waals surface area contributed by atoms with Crippen LogP contribution in [0.1, 0.15) is 16.7 Å². The van der Waals surface area contributed by atoms with Crippen LogP contribution in [-0.4, -0.2) is 17.8 Å². The zero-order valence-electron chi connectivity index (χ0n) is 17.5. The van der Waals surface area contributed by atoms with Gasteiger partial charge in [0, 0.05) is 15.1 Å². The van der Waals surface area contributed by atoms with E-state index in [0.29, 0.717) is 34.2 Å². The molecule has 3 aromatic carbocycles. The maximum absolute atomic E-state index is 13.2. The molecule has 0 unspecified atom stereocenters. The molecule has 0 bridgehead atoms. The SMILES string of the molecule is Cc1ccc(Cl)cc1N1C(=O)NC(=O)/C(=C\c2ccccc2OCc2ccc(Br)cc2)C1=O. The molecule has 0 radical (unpaired) electrons. The number of nitrogens with zero attached hydrogens (tertiary/aromatic N) is 1. The van der Waals surface area contributed by atoms with Crippen LogP contribution in [0, 0.1) is 6.92 Å². The summed E-state index contributed by atoms with van der Waals surface area (Å²) in [6.07, 6.45) is 1.42. The first-order valence-corrected chi connectivity index (χ1v) is 11.1. The molecule has 6 nitrogen and oxygen atoms in total. The number of rotatable bonds is 5. The van der Waals surface area contributed by atoms with Crippen LogP contribution < -0.4 is 15.0 Å². The number of carbonyl (C=O) groups excluding carboxylic acids is 3. The molecule has 4 rings (SSSR count). The van der Waals surface area contributed by atoms with Gasteiger partial charge in [0.1, 0.15) is 17.9 Å². The average molecular weight is 526 g/mol. The Hall–Kier alpha value is -3.42. The van der Waals surface area contributed by atoms with E-state index < -0.39 is 17.8 Å². The number of hydrogen-bond acceptors (Lipinski definition) is 4. The van der Waals surface area contributed by atoms with Crippen LogP contribution in [0.5, 0.6) is 5.75 Å². The molecular formula is C25H18BrClN2O4. The molecule has 33 heavy (non-hydrogen) atoms. The molecule has 1 saturated heterocycles. The van der Waals surface area contributed by atoms with Crippen molar-refractivity contribution in [1.29, 1.82) is 0 Å². The van der Waals surface area contributed by atoms with Crippen molar-refractivity contribution in [2.45, 2.75) is 13.5 Å². The molecule has 0 spiro atoms. The van der Waals surface area contributed by atoms with Gasteiger partial charge in [-0.05, 0) is 54.5 Å². The van der Waals surface area contributed by atoms with Crippen LogP contribution in [0.2, 0.25) is 5.02 Å². The van der Waals surface area contributed by atoms with Crippen molar-refractivity contribution in [2.24, 2.45) is 0 Å². The minimum atomic E-state index is -0.827. The highest BCUT2D eigenvalue weighted by Gasteiger charge is 2.37. The number of anilines is 1. The molecule has 1 fully saturated rings. The van der Waals surface area contributed by atoms with Crippen LogP contribution in [0.25, 0.3) is 6.08 Å². The van der Waals surface area contributed by atoms with Gasteiger partial charge in [-0.2, -0.15) is 0 Å². The third kappa shape index (κ3) is 4.99. The molecule has 8 heteroatoms. The lowest BCUT2D eigenvalue weighted by atomic mass is 10.0. The molecule has 1 heterocycles. The lowest BCUT2D eigenvalue weighted by Crippen LogP contribution is -2.54. The molecular weight excluding hydrogens is 508 g/mol. The van der Waals surface area contributed by atoms with Crippen molar-refractivity contribution in [3.63, 3.8) is 0 Å². The summed E-state index contributed by atoms with van der Waals surface area (Å²) in [7, 11) is 0. The van der Waals surface area contributed by atoms with E-state index in [1.54, 1.807) is 43.3 Å². The molecule has 0 saturated carbocycles. The van der Waals surface area contributed by atoms with E-state index in [4.69, 9.17) is 16.3 Å². The van der Waals surface area contributed by atoms with E-state index in [9.17, 15) is 14.4 Å². The topological polar surface area (TPSA) is 75.7 Å². The lowest BCUT2D eigenvalue weighted by molar-refractivity contribution is -0.122. The zero-order chi connectivity index (χ0) is 23.5. The summed E-state index contributed by atoms with van der Waals surface area (Å²) in [6.45, 7) is 2.05. The Labute approximate surface area is 203 Å². The molecule has 4 amide bonds. The average Bonchev–Trinajstić information content (AvgIpc) is 2.79. The summed E-state index contributed by atoms with van der Waals surface area (Å²) in [5.74, 6) is -1.02. The lowest BCUT2D eigenvalue weighted by Gasteiger charge is -2.27.